The molecular weight excluding hydrogens is 258 g/mol. The van der Waals surface area contributed by atoms with Crippen molar-refractivity contribution in [2.75, 3.05) is 0 Å². The van der Waals surface area contributed by atoms with Gasteiger partial charge in [-0.15, -0.1) is 11.6 Å². The van der Waals surface area contributed by atoms with Gasteiger partial charge in [-0.3, -0.25) is 4.57 Å². The Morgan fingerprint density at radius 1 is 1.00 bits per heavy atom. The van der Waals surface area contributed by atoms with E-state index in [-0.39, 0.29) is 0 Å². The first-order chi connectivity index (χ1) is 9.19. The first kappa shape index (κ1) is 12.2. The highest BCUT2D eigenvalue weighted by molar-refractivity contribution is 6.16. The van der Waals surface area contributed by atoms with E-state index >= 15 is 0 Å². The van der Waals surface area contributed by atoms with E-state index in [9.17, 15) is 0 Å². The molecule has 2 aromatic heterocycles. The average Bonchev–Trinajstić information content (AvgIpc) is 2.77. The Bertz CT molecular complexity index is 729. The molecule has 0 bridgehead atoms. The molecule has 96 valence electrons. The summed E-state index contributed by atoms with van der Waals surface area (Å²) in [5, 5.41) is 0. The van der Waals surface area contributed by atoms with Crippen LogP contribution in [0.3, 0.4) is 0 Å². The van der Waals surface area contributed by atoms with Crippen LogP contribution in [0.4, 0.5) is 0 Å². The lowest BCUT2D eigenvalue weighted by atomic mass is 10.2. The SMILES string of the molecule is Cc1ccc(-n2c(CCl)nc3ccc(C)nc32)cc1. The summed E-state index contributed by atoms with van der Waals surface area (Å²) >= 11 is 6.01. The van der Waals surface area contributed by atoms with Gasteiger partial charge in [-0.25, -0.2) is 9.97 Å². The Balaban J connectivity index is 2.31. The van der Waals surface area contributed by atoms with Gasteiger partial charge in [0.25, 0.3) is 0 Å². The van der Waals surface area contributed by atoms with Crippen LogP contribution in [0, 0.1) is 13.8 Å². The second-order valence-electron chi connectivity index (χ2n) is 4.63. The fourth-order valence-electron chi connectivity index (χ4n) is 2.15. The zero-order chi connectivity index (χ0) is 13.4. The van der Waals surface area contributed by atoms with Gasteiger partial charge < -0.3 is 0 Å². The number of hydrogen-bond donors (Lipinski definition) is 0. The summed E-state index contributed by atoms with van der Waals surface area (Å²) in [5.74, 6) is 1.18. The molecule has 0 aliphatic heterocycles. The molecule has 0 spiro atoms. The largest absolute Gasteiger partial charge is 0.280 e. The monoisotopic (exact) mass is 271 g/mol. The van der Waals surface area contributed by atoms with Gasteiger partial charge in [0.05, 0.1) is 5.88 Å². The highest BCUT2D eigenvalue weighted by Gasteiger charge is 2.12. The van der Waals surface area contributed by atoms with Crippen molar-refractivity contribution in [3.05, 3.63) is 53.5 Å². The molecule has 3 rings (SSSR count). The number of fused-ring (bicyclic) bond motifs is 1. The van der Waals surface area contributed by atoms with Crippen LogP contribution in [0.15, 0.2) is 36.4 Å². The van der Waals surface area contributed by atoms with Crippen LogP contribution in [0.25, 0.3) is 16.9 Å². The summed E-state index contributed by atoms with van der Waals surface area (Å²) in [4.78, 5) is 9.12. The Morgan fingerprint density at radius 3 is 2.42 bits per heavy atom. The molecule has 0 N–H and O–H groups in total. The van der Waals surface area contributed by atoms with Crippen molar-refractivity contribution in [1.29, 1.82) is 0 Å². The first-order valence-electron chi connectivity index (χ1n) is 6.17. The minimum atomic E-state index is 0.364. The van der Waals surface area contributed by atoms with Gasteiger partial charge in [0.1, 0.15) is 11.3 Å². The highest BCUT2D eigenvalue weighted by atomic mass is 35.5. The molecule has 0 aliphatic carbocycles. The maximum Gasteiger partial charge on any atom is 0.164 e. The van der Waals surface area contributed by atoms with Crippen molar-refractivity contribution in [2.24, 2.45) is 0 Å². The summed E-state index contributed by atoms with van der Waals surface area (Å²) in [5.41, 5.74) is 4.98. The molecule has 1 aromatic carbocycles. The number of nitrogens with zero attached hydrogens (tertiary/aromatic N) is 3. The van der Waals surface area contributed by atoms with Crippen molar-refractivity contribution in [2.45, 2.75) is 19.7 Å². The molecule has 0 aliphatic rings. The normalized spacial score (nSPS) is 11.1. The van der Waals surface area contributed by atoms with Gasteiger partial charge in [-0.05, 0) is 38.1 Å². The van der Waals surface area contributed by atoms with Crippen LogP contribution in [0.2, 0.25) is 0 Å². The molecule has 0 atom stereocenters. The maximum absolute atomic E-state index is 6.01. The lowest BCUT2D eigenvalue weighted by Crippen LogP contribution is -2.00. The standard InChI is InChI=1S/C15H14ClN3/c1-10-3-6-12(7-4-10)19-14(9-16)18-13-8-5-11(2)17-15(13)19/h3-8H,9H2,1-2H3. The Kier molecular flexibility index (Phi) is 2.99. The van der Waals surface area contributed by atoms with Gasteiger partial charge in [0.15, 0.2) is 5.65 Å². The van der Waals surface area contributed by atoms with Crippen LogP contribution < -0.4 is 0 Å². The summed E-state index contributed by atoms with van der Waals surface area (Å²) in [6.07, 6.45) is 0. The molecule has 0 saturated heterocycles. The predicted molar refractivity (Wildman–Crippen MR) is 77.9 cm³/mol. The van der Waals surface area contributed by atoms with Gasteiger partial charge in [-0.2, -0.15) is 0 Å². The lowest BCUT2D eigenvalue weighted by Gasteiger charge is -2.07. The third-order valence-electron chi connectivity index (χ3n) is 3.12. The fourth-order valence-corrected chi connectivity index (χ4v) is 2.33. The van der Waals surface area contributed by atoms with Crippen molar-refractivity contribution in [3.63, 3.8) is 0 Å². The van der Waals surface area contributed by atoms with Crippen LogP contribution in [-0.4, -0.2) is 14.5 Å². The van der Waals surface area contributed by atoms with Crippen LogP contribution in [-0.2, 0) is 5.88 Å². The van der Waals surface area contributed by atoms with Crippen molar-refractivity contribution in [3.8, 4) is 5.69 Å². The molecule has 3 aromatic rings. The van der Waals surface area contributed by atoms with Crippen LogP contribution >= 0.6 is 11.6 Å². The minimum Gasteiger partial charge on any atom is -0.280 e. The first-order valence-corrected chi connectivity index (χ1v) is 6.70. The molecule has 0 saturated carbocycles. The molecule has 4 heteroatoms. The van der Waals surface area contributed by atoms with Crippen LogP contribution in [0.1, 0.15) is 17.1 Å². The number of benzene rings is 1. The summed E-state index contributed by atoms with van der Waals surface area (Å²) in [6.45, 7) is 4.05. The molecule has 0 fully saturated rings. The zero-order valence-corrected chi connectivity index (χ0v) is 11.6. The van der Waals surface area contributed by atoms with E-state index in [0.717, 1.165) is 28.4 Å². The lowest BCUT2D eigenvalue weighted by molar-refractivity contribution is 0.966. The second-order valence-corrected chi connectivity index (χ2v) is 4.90. The van der Waals surface area contributed by atoms with Crippen molar-refractivity contribution < 1.29 is 0 Å². The number of aryl methyl sites for hydroxylation is 2. The number of alkyl halides is 1. The van der Waals surface area contributed by atoms with Gasteiger partial charge >= 0.3 is 0 Å². The Labute approximate surface area is 116 Å². The highest BCUT2D eigenvalue weighted by Crippen LogP contribution is 2.21. The third kappa shape index (κ3) is 2.10. The van der Waals surface area contributed by atoms with E-state index in [1.54, 1.807) is 0 Å². The van der Waals surface area contributed by atoms with Gasteiger partial charge in [0.2, 0.25) is 0 Å². The molecular formula is C15H14ClN3. The molecule has 0 amide bonds. The Hall–Kier alpha value is -1.87. The summed E-state index contributed by atoms with van der Waals surface area (Å²) < 4.78 is 2.02. The third-order valence-corrected chi connectivity index (χ3v) is 3.36. The van der Waals surface area contributed by atoms with E-state index in [2.05, 4.69) is 41.2 Å². The number of halogens is 1. The summed E-state index contributed by atoms with van der Waals surface area (Å²) in [7, 11) is 0. The van der Waals surface area contributed by atoms with E-state index < -0.39 is 0 Å². The topological polar surface area (TPSA) is 30.7 Å². The summed E-state index contributed by atoms with van der Waals surface area (Å²) in [6, 6.07) is 12.2. The molecule has 0 radical (unpaired) electrons. The molecule has 0 unspecified atom stereocenters. The van der Waals surface area contributed by atoms with Crippen molar-refractivity contribution >= 4 is 22.8 Å². The second kappa shape index (κ2) is 4.67. The van der Waals surface area contributed by atoms with E-state index in [1.165, 1.54) is 5.56 Å². The number of pyridine rings is 1. The van der Waals surface area contributed by atoms with Gasteiger partial charge in [0, 0.05) is 11.4 Å². The molecule has 2 heterocycles. The number of imidazole rings is 1. The fraction of sp³-hybridized carbons (Fsp3) is 0.200. The van der Waals surface area contributed by atoms with Crippen molar-refractivity contribution in [1.82, 2.24) is 14.5 Å². The number of hydrogen-bond acceptors (Lipinski definition) is 2. The smallest absolute Gasteiger partial charge is 0.164 e. The van der Waals surface area contributed by atoms with Crippen LogP contribution in [0.5, 0.6) is 0 Å². The molecule has 19 heavy (non-hydrogen) atoms. The van der Waals surface area contributed by atoms with Gasteiger partial charge in [-0.1, -0.05) is 17.7 Å². The number of rotatable bonds is 2. The maximum atomic E-state index is 6.01. The van der Waals surface area contributed by atoms with E-state index in [4.69, 9.17) is 11.6 Å². The zero-order valence-electron chi connectivity index (χ0n) is 10.9. The van der Waals surface area contributed by atoms with E-state index in [1.807, 2.05) is 23.6 Å². The average molecular weight is 272 g/mol. The Morgan fingerprint density at radius 2 is 1.74 bits per heavy atom. The number of aromatic nitrogens is 3. The predicted octanol–water partition coefficient (Wildman–Crippen LogP) is 3.78. The van der Waals surface area contributed by atoms with E-state index in [0.29, 0.717) is 5.88 Å². The molecule has 3 nitrogen and oxygen atoms in total. The minimum absolute atomic E-state index is 0.364. The quantitative estimate of drug-likeness (QED) is 0.664.